The summed E-state index contributed by atoms with van der Waals surface area (Å²) in [4.78, 5) is 7.35. The van der Waals surface area contributed by atoms with Crippen molar-refractivity contribution in [2.45, 2.75) is 0 Å². The summed E-state index contributed by atoms with van der Waals surface area (Å²) in [5.41, 5.74) is 10.1. The Morgan fingerprint density at radius 2 is 0.500 bits per heavy atom. The molecule has 7 rings (SSSR count). The molecule has 42 heavy (non-hydrogen) atoms. The Balaban J connectivity index is 0.000000141. The van der Waals surface area contributed by atoms with Crippen LogP contribution in [0.4, 0.5) is 0 Å². The minimum atomic E-state index is 1.26. The molecule has 0 aliphatic carbocycles. The predicted octanol–water partition coefficient (Wildman–Crippen LogP) is 10.5. The number of aromatic nitrogens is 2. The minimum absolute atomic E-state index is 1.26. The molecule has 0 fully saturated rings. The van der Waals surface area contributed by atoms with E-state index < -0.39 is 0 Å². The van der Waals surface area contributed by atoms with Gasteiger partial charge < -0.3 is 0 Å². The summed E-state index contributed by atoms with van der Waals surface area (Å²) in [7, 11) is 0. The number of hydrogen-bond acceptors (Lipinski definition) is 2. The number of nitrogens with zero attached hydrogens (tertiary/aromatic N) is 2. The molecule has 0 unspecified atom stereocenters. The molecule has 0 saturated carbocycles. The van der Waals surface area contributed by atoms with Crippen LogP contribution in [-0.4, -0.2) is 9.97 Å². The molecule has 1 aromatic heterocycles. The van der Waals surface area contributed by atoms with Gasteiger partial charge in [-0.05, 0) is 62.7 Å². The largest absolute Gasteiger partial charge is 0.245 e. The first-order valence-electron chi connectivity index (χ1n) is 14.0. The van der Waals surface area contributed by atoms with Crippen LogP contribution in [0.25, 0.3) is 44.5 Å². The van der Waals surface area contributed by atoms with Gasteiger partial charge in [0.05, 0.1) is 0 Å². The molecule has 0 atom stereocenters. The third-order valence-corrected chi connectivity index (χ3v) is 6.63. The van der Waals surface area contributed by atoms with Crippen LogP contribution < -0.4 is 0 Å². The Morgan fingerprint density at radius 1 is 0.238 bits per heavy atom. The third-order valence-electron chi connectivity index (χ3n) is 6.63. The first-order chi connectivity index (χ1) is 20.9. The Labute approximate surface area is 248 Å². The van der Waals surface area contributed by atoms with Crippen molar-refractivity contribution in [2.24, 2.45) is 0 Å². The lowest BCUT2D eigenvalue weighted by molar-refractivity contribution is 1.17. The zero-order valence-corrected chi connectivity index (χ0v) is 23.4. The van der Waals surface area contributed by atoms with E-state index in [9.17, 15) is 0 Å². The number of benzene rings is 6. The Morgan fingerprint density at radius 3 is 0.714 bits per heavy atom. The average Bonchev–Trinajstić information content (AvgIpc) is 3.11. The quantitative estimate of drug-likeness (QED) is 0.222. The number of rotatable bonds is 4. The van der Waals surface area contributed by atoms with Crippen LogP contribution in [0.2, 0.25) is 0 Å². The molecule has 0 aliphatic rings. The summed E-state index contributed by atoms with van der Waals surface area (Å²) < 4.78 is 0. The van der Waals surface area contributed by atoms with Gasteiger partial charge in [-0.1, -0.05) is 158 Å². The van der Waals surface area contributed by atoms with Gasteiger partial charge in [0.15, 0.2) is 0 Å². The van der Waals surface area contributed by atoms with Crippen molar-refractivity contribution >= 4 is 0 Å². The van der Waals surface area contributed by atoms with Crippen LogP contribution in [0, 0.1) is 0 Å². The van der Waals surface area contributed by atoms with Crippen molar-refractivity contribution in [3.05, 3.63) is 195 Å². The second-order valence-corrected chi connectivity index (χ2v) is 9.53. The standard InChI is InChI=1S/2C18H14.C4H4N2/c2*1-3-8-15(9-4-1)17-12-7-13-18(14-17)16-10-5-2-6-11-16;1-2-5-4-6-3-1/h2*1-14H;1-4H. The van der Waals surface area contributed by atoms with Crippen LogP contribution in [0.1, 0.15) is 0 Å². The molecule has 202 valence electrons. The fourth-order valence-corrected chi connectivity index (χ4v) is 4.53. The predicted molar refractivity (Wildman–Crippen MR) is 177 cm³/mol. The SMILES string of the molecule is c1ccc(-c2cccc(-c3ccccc3)c2)cc1.c1ccc(-c2cccc(-c3ccccc3)c2)cc1.c1cncnc1. The van der Waals surface area contributed by atoms with Crippen LogP contribution in [0.3, 0.4) is 0 Å². The van der Waals surface area contributed by atoms with Crippen LogP contribution in [0.15, 0.2) is 195 Å². The average molecular weight is 541 g/mol. The topological polar surface area (TPSA) is 25.8 Å². The molecule has 2 heteroatoms. The van der Waals surface area contributed by atoms with E-state index in [-0.39, 0.29) is 0 Å². The smallest absolute Gasteiger partial charge is 0.115 e. The van der Waals surface area contributed by atoms with Gasteiger partial charge in [-0.15, -0.1) is 0 Å². The third kappa shape index (κ3) is 8.20. The van der Waals surface area contributed by atoms with Crippen molar-refractivity contribution in [1.82, 2.24) is 9.97 Å². The van der Waals surface area contributed by atoms with E-state index in [1.807, 2.05) is 24.3 Å². The van der Waals surface area contributed by atoms with Crippen molar-refractivity contribution < 1.29 is 0 Å². The number of hydrogen-bond donors (Lipinski definition) is 0. The molecule has 0 saturated heterocycles. The molecule has 6 aromatic carbocycles. The summed E-state index contributed by atoms with van der Waals surface area (Å²) in [5.74, 6) is 0. The van der Waals surface area contributed by atoms with E-state index in [0.717, 1.165) is 0 Å². The van der Waals surface area contributed by atoms with E-state index in [0.29, 0.717) is 0 Å². The second-order valence-electron chi connectivity index (χ2n) is 9.53. The summed E-state index contributed by atoms with van der Waals surface area (Å²) in [6, 6.07) is 61.0. The van der Waals surface area contributed by atoms with E-state index in [1.54, 1.807) is 18.5 Å². The maximum atomic E-state index is 3.67. The van der Waals surface area contributed by atoms with Crippen LogP contribution in [-0.2, 0) is 0 Å². The molecule has 0 radical (unpaired) electrons. The molecule has 2 nitrogen and oxygen atoms in total. The molecule has 0 bridgehead atoms. The molecular formula is C40H32N2. The monoisotopic (exact) mass is 540 g/mol. The van der Waals surface area contributed by atoms with E-state index in [2.05, 4.69) is 156 Å². The molecule has 0 amide bonds. The fraction of sp³-hybridized carbons (Fsp3) is 0. The summed E-state index contributed by atoms with van der Waals surface area (Å²) in [5, 5.41) is 0. The molecule has 1 heterocycles. The van der Waals surface area contributed by atoms with Crippen LogP contribution >= 0.6 is 0 Å². The lowest BCUT2D eigenvalue weighted by atomic mass is 9.99. The minimum Gasteiger partial charge on any atom is -0.245 e. The molecular weight excluding hydrogens is 508 g/mol. The highest BCUT2D eigenvalue weighted by molar-refractivity contribution is 5.74. The van der Waals surface area contributed by atoms with Crippen molar-refractivity contribution in [2.75, 3.05) is 0 Å². The normalized spacial score (nSPS) is 9.90. The second kappa shape index (κ2) is 15.3. The summed E-state index contributed by atoms with van der Waals surface area (Å²) >= 11 is 0. The molecule has 0 N–H and O–H groups in total. The van der Waals surface area contributed by atoms with E-state index in [1.165, 1.54) is 50.8 Å². The van der Waals surface area contributed by atoms with Gasteiger partial charge in [-0.3, -0.25) is 0 Å². The maximum Gasteiger partial charge on any atom is 0.115 e. The maximum absolute atomic E-state index is 3.67. The highest BCUT2D eigenvalue weighted by Crippen LogP contribution is 2.27. The van der Waals surface area contributed by atoms with Gasteiger partial charge in [0, 0.05) is 12.4 Å². The highest BCUT2D eigenvalue weighted by atomic mass is 14.8. The van der Waals surface area contributed by atoms with Crippen molar-refractivity contribution in [3.63, 3.8) is 0 Å². The zero-order chi connectivity index (χ0) is 28.7. The van der Waals surface area contributed by atoms with Gasteiger partial charge in [-0.2, -0.15) is 0 Å². The Kier molecular flexibility index (Phi) is 10.2. The van der Waals surface area contributed by atoms with E-state index in [4.69, 9.17) is 0 Å². The van der Waals surface area contributed by atoms with Gasteiger partial charge in [0.25, 0.3) is 0 Å². The first kappa shape index (κ1) is 27.9. The molecule has 0 aliphatic heterocycles. The lowest BCUT2D eigenvalue weighted by Crippen LogP contribution is -1.80. The fourth-order valence-electron chi connectivity index (χ4n) is 4.53. The lowest BCUT2D eigenvalue weighted by Gasteiger charge is -2.05. The van der Waals surface area contributed by atoms with Gasteiger partial charge in [0.1, 0.15) is 6.33 Å². The van der Waals surface area contributed by atoms with Crippen molar-refractivity contribution in [3.8, 4) is 44.5 Å². The zero-order valence-electron chi connectivity index (χ0n) is 23.4. The van der Waals surface area contributed by atoms with Gasteiger partial charge >= 0.3 is 0 Å². The summed E-state index contributed by atoms with van der Waals surface area (Å²) in [6.07, 6.45) is 4.88. The molecule has 0 spiro atoms. The Bertz CT molecular complexity index is 1480. The first-order valence-corrected chi connectivity index (χ1v) is 14.0. The van der Waals surface area contributed by atoms with Gasteiger partial charge in [0.2, 0.25) is 0 Å². The highest BCUT2D eigenvalue weighted by Gasteiger charge is 2.01. The van der Waals surface area contributed by atoms with E-state index >= 15 is 0 Å². The summed E-state index contributed by atoms with van der Waals surface area (Å²) in [6.45, 7) is 0. The van der Waals surface area contributed by atoms with Crippen LogP contribution in [0.5, 0.6) is 0 Å². The van der Waals surface area contributed by atoms with Gasteiger partial charge in [-0.25, -0.2) is 9.97 Å². The Hall–Kier alpha value is -5.60. The molecule has 7 aromatic rings. The van der Waals surface area contributed by atoms with Crippen molar-refractivity contribution in [1.29, 1.82) is 0 Å².